The van der Waals surface area contributed by atoms with Crippen molar-refractivity contribution in [1.82, 2.24) is 5.32 Å². The summed E-state index contributed by atoms with van der Waals surface area (Å²) in [6, 6.07) is 0. The van der Waals surface area contributed by atoms with Crippen molar-refractivity contribution in [2.24, 2.45) is 52.3 Å². The van der Waals surface area contributed by atoms with Crippen LogP contribution in [0.4, 0.5) is 0 Å². The van der Waals surface area contributed by atoms with E-state index in [-0.39, 0.29) is 11.3 Å². The van der Waals surface area contributed by atoms with Crippen LogP contribution in [0.15, 0.2) is 11.8 Å². The Morgan fingerprint density at radius 3 is 2.42 bits per heavy atom. The number of amides is 1. The first-order valence-corrected chi connectivity index (χ1v) is 14.7. The summed E-state index contributed by atoms with van der Waals surface area (Å²) in [4.78, 5) is 12.2. The molecule has 0 bridgehead atoms. The molecule has 190 valence electrons. The van der Waals surface area contributed by atoms with Crippen LogP contribution < -0.4 is 5.32 Å². The maximum Gasteiger partial charge on any atom is 0.224 e. The Morgan fingerprint density at radius 2 is 1.76 bits per heavy atom. The summed E-state index contributed by atoms with van der Waals surface area (Å²) < 4.78 is 0. The monoisotopic (exact) mass is 457 g/mol. The molecule has 1 N–H and O–H groups in total. The van der Waals surface area contributed by atoms with Crippen LogP contribution in [-0.2, 0) is 4.79 Å². The van der Waals surface area contributed by atoms with E-state index >= 15 is 0 Å². The number of nitrogens with one attached hydrogen (secondary N) is 1. The standard InChI is InChI=1S/C29H49NO.C2H6/c1-7-9-21-18-25-29(6,17-15-26(31)30-25)24-14-16-28(5)22(12-13-23(28)27(21)24)20(4)11-8-10-19(2)3;1-2/h18-24,27H,7-17H2,1-6H3,(H,30,31);1-2H3/t20?,21?,22?,23?,24?,27?,28-,29-;/m1./s1. The number of rotatable bonds is 7. The van der Waals surface area contributed by atoms with Gasteiger partial charge in [-0.05, 0) is 85.4 Å². The van der Waals surface area contributed by atoms with Crippen LogP contribution in [0.2, 0.25) is 0 Å². The van der Waals surface area contributed by atoms with Crippen LogP contribution in [0.1, 0.15) is 126 Å². The summed E-state index contributed by atoms with van der Waals surface area (Å²) in [5.41, 5.74) is 2.03. The molecule has 1 heterocycles. The molecule has 3 aliphatic carbocycles. The van der Waals surface area contributed by atoms with E-state index in [1.54, 1.807) is 0 Å². The number of allylic oxidation sites excluding steroid dienone is 2. The van der Waals surface area contributed by atoms with E-state index in [1.165, 1.54) is 63.5 Å². The van der Waals surface area contributed by atoms with Gasteiger partial charge in [0.15, 0.2) is 0 Å². The quantitative estimate of drug-likeness (QED) is 0.406. The molecule has 6 unspecified atom stereocenters. The van der Waals surface area contributed by atoms with E-state index in [2.05, 4.69) is 52.9 Å². The van der Waals surface area contributed by atoms with Crippen molar-refractivity contribution >= 4 is 5.91 Å². The fourth-order valence-electron chi connectivity index (χ4n) is 8.97. The maximum atomic E-state index is 12.2. The van der Waals surface area contributed by atoms with Crippen LogP contribution in [0, 0.1) is 52.3 Å². The van der Waals surface area contributed by atoms with Gasteiger partial charge in [0.1, 0.15) is 0 Å². The normalized spacial score (nSPS) is 40.6. The molecule has 8 atom stereocenters. The average molecular weight is 458 g/mol. The molecule has 4 rings (SSSR count). The van der Waals surface area contributed by atoms with Gasteiger partial charge in [0.25, 0.3) is 0 Å². The van der Waals surface area contributed by atoms with Crippen molar-refractivity contribution in [3.8, 4) is 0 Å². The zero-order chi connectivity index (χ0) is 24.4. The second-order valence-corrected chi connectivity index (χ2v) is 12.8. The number of fused-ring (bicyclic) bond motifs is 5. The second kappa shape index (κ2) is 10.9. The topological polar surface area (TPSA) is 29.1 Å². The van der Waals surface area contributed by atoms with Gasteiger partial charge in [-0.3, -0.25) is 4.79 Å². The van der Waals surface area contributed by atoms with Crippen molar-refractivity contribution in [2.75, 3.05) is 0 Å². The largest absolute Gasteiger partial charge is 0.330 e. The van der Waals surface area contributed by atoms with E-state index in [0.29, 0.717) is 17.8 Å². The van der Waals surface area contributed by atoms with Crippen LogP contribution >= 0.6 is 0 Å². The highest BCUT2D eigenvalue weighted by Crippen LogP contribution is 2.67. The summed E-state index contributed by atoms with van der Waals surface area (Å²) in [5.74, 6) is 6.00. The Bertz CT molecular complexity index is 695. The highest BCUT2D eigenvalue weighted by Gasteiger charge is 2.61. The molecule has 2 nitrogen and oxygen atoms in total. The van der Waals surface area contributed by atoms with Crippen LogP contribution in [0.3, 0.4) is 0 Å². The molecule has 2 heteroatoms. The van der Waals surface area contributed by atoms with E-state index in [1.807, 2.05) is 13.8 Å². The van der Waals surface area contributed by atoms with Crippen molar-refractivity contribution in [2.45, 2.75) is 126 Å². The second-order valence-electron chi connectivity index (χ2n) is 12.8. The van der Waals surface area contributed by atoms with E-state index < -0.39 is 0 Å². The highest BCUT2D eigenvalue weighted by atomic mass is 16.1. The highest BCUT2D eigenvalue weighted by molar-refractivity contribution is 5.79. The molecule has 3 fully saturated rings. The van der Waals surface area contributed by atoms with Crippen molar-refractivity contribution < 1.29 is 4.79 Å². The third kappa shape index (κ3) is 4.97. The van der Waals surface area contributed by atoms with Gasteiger partial charge in [-0.25, -0.2) is 0 Å². The summed E-state index contributed by atoms with van der Waals surface area (Å²) >= 11 is 0. The van der Waals surface area contributed by atoms with Gasteiger partial charge < -0.3 is 5.32 Å². The van der Waals surface area contributed by atoms with E-state index in [0.717, 1.165) is 41.9 Å². The van der Waals surface area contributed by atoms with Crippen molar-refractivity contribution in [1.29, 1.82) is 0 Å². The minimum absolute atomic E-state index is 0.200. The molecule has 0 radical (unpaired) electrons. The van der Waals surface area contributed by atoms with Gasteiger partial charge in [-0.15, -0.1) is 0 Å². The summed E-state index contributed by atoms with van der Waals surface area (Å²) in [7, 11) is 0. The molecule has 2 saturated carbocycles. The maximum absolute atomic E-state index is 12.2. The molecule has 0 spiro atoms. The summed E-state index contributed by atoms with van der Waals surface area (Å²) in [6.07, 6.45) is 16.8. The predicted molar refractivity (Wildman–Crippen MR) is 142 cm³/mol. The van der Waals surface area contributed by atoms with Crippen molar-refractivity contribution in [3.05, 3.63) is 11.8 Å². The molecule has 1 aliphatic heterocycles. The zero-order valence-corrected chi connectivity index (χ0v) is 23.3. The Kier molecular flexibility index (Phi) is 8.82. The van der Waals surface area contributed by atoms with Crippen LogP contribution in [-0.4, -0.2) is 5.91 Å². The van der Waals surface area contributed by atoms with E-state index in [4.69, 9.17) is 0 Å². The fraction of sp³-hybridized carbons (Fsp3) is 0.903. The lowest BCUT2D eigenvalue weighted by Crippen LogP contribution is -2.55. The van der Waals surface area contributed by atoms with Gasteiger partial charge in [0, 0.05) is 17.5 Å². The van der Waals surface area contributed by atoms with Gasteiger partial charge in [-0.2, -0.15) is 0 Å². The molecule has 0 aromatic heterocycles. The summed E-state index contributed by atoms with van der Waals surface area (Å²) in [5, 5.41) is 3.33. The Labute approximate surface area is 206 Å². The Balaban J connectivity index is 0.00000149. The number of carbonyl (C=O) groups is 1. The van der Waals surface area contributed by atoms with Gasteiger partial charge in [0.05, 0.1) is 0 Å². The predicted octanol–water partition coefficient (Wildman–Crippen LogP) is 8.76. The lowest BCUT2D eigenvalue weighted by atomic mass is 9.46. The molecule has 0 aromatic carbocycles. The SMILES string of the molecule is CC.CCCC1C=C2NC(=O)CC[C@]2(C)C2CC[C@]3(C)C(C(C)CCCC(C)C)CCC3C12. The molecule has 1 saturated heterocycles. The Morgan fingerprint density at radius 1 is 1.03 bits per heavy atom. The number of hydrogen-bond donors (Lipinski definition) is 1. The van der Waals surface area contributed by atoms with Gasteiger partial charge in [0.2, 0.25) is 5.91 Å². The average Bonchev–Trinajstić information content (AvgIpc) is 3.13. The first-order valence-electron chi connectivity index (χ1n) is 14.7. The summed E-state index contributed by atoms with van der Waals surface area (Å²) in [6.45, 7) is 18.8. The van der Waals surface area contributed by atoms with Crippen LogP contribution in [0.25, 0.3) is 0 Å². The third-order valence-electron chi connectivity index (χ3n) is 10.6. The van der Waals surface area contributed by atoms with Crippen LogP contribution in [0.5, 0.6) is 0 Å². The molecular formula is C31H55NO. The van der Waals surface area contributed by atoms with Gasteiger partial charge in [-0.1, -0.05) is 87.1 Å². The lowest BCUT2D eigenvalue weighted by Gasteiger charge is -2.60. The molecular weight excluding hydrogens is 402 g/mol. The third-order valence-corrected chi connectivity index (χ3v) is 10.6. The first-order chi connectivity index (χ1) is 15.7. The first kappa shape index (κ1) is 26.8. The fourth-order valence-corrected chi connectivity index (χ4v) is 8.97. The zero-order valence-electron chi connectivity index (χ0n) is 23.3. The number of hydrogen-bond acceptors (Lipinski definition) is 1. The molecule has 33 heavy (non-hydrogen) atoms. The minimum atomic E-state index is 0.200. The van der Waals surface area contributed by atoms with E-state index in [9.17, 15) is 4.79 Å². The van der Waals surface area contributed by atoms with Crippen molar-refractivity contribution in [3.63, 3.8) is 0 Å². The molecule has 0 aromatic rings. The molecule has 1 amide bonds. The molecule has 4 aliphatic rings. The number of carbonyl (C=O) groups excluding carboxylic acids is 1. The minimum Gasteiger partial charge on any atom is -0.330 e. The smallest absolute Gasteiger partial charge is 0.224 e. The number of piperidine rings is 1. The Hall–Kier alpha value is -0.790. The van der Waals surface area contributed by atoms with Gasteiger partial charge >= 0.3 is 0 Å². The lowest BCUT2D eigenvalue weighted by molar-refractivity contribution is -0.126.